The van der Waals surface area contributed by atoms with E-state index < -0.39 is 0 Å². The number of hydrogen-bond donors (Lipinski definition) is 1. The Balaban J connectivity index is 2.87. The molecule has 2 N–H and O–H groups in total. The molecule has 0 radical (unpaired) electrons. The van der Waals surface area contributed by atoms with Crippen molar-refractivity contribution in [3.63, 3.8) is 0 Å². The second-order valence-corrected chi connectivity index (χ2v) is 3.75. The Morgan fingerprint density at radius 3 is 2.69 bits per heavy atom. The van der Waals surface area contributed by atoms with Crippen LogP contribution >= 0.6 is 0 Å². The van der Waals surface area contributed by atoms with E-state index in [1.807, 2.05) is 6.20 Å². The van der Waals surface area contributed by atoms with E-state index in [0.29, 0.717) is 12.5 Å². The van der Waals surface area contributed by atoms with Crippen LogP contribution in [0.25, 0.3) is 0 Å². The van der Waals surface area contributed by atoms with Crippen molar-refractivity contribution in [2.24, 2.45) is 11.7 Å². The third kappa shape index (κ3) is 2.31. The minimum atomic E-state index is 0.598. The largest absolute Gasteiger partial charge is 0.326 e. The Hall–Kier alpha value is -0.830. The Morgan fingerprint density at radius 1 is 1.54 bits per heavy atom. The van der Waals surface area contributed by atoms with Crippen molar-refractivity contribution < 1.29 is 0 Å². The molecule has 1 aromatic heterocycles. The number of nitrogens with zero attached hydrogens (tertiary/aromatic N) is 2. The van der Waals surface area contributed by atoms with E-state index in [1.165, 1.54) is 11.3 Å². The van der Waals surface area contributed by atoms with Crippen LogP contribution in [0, 0.1) is 5.92 Å². The summed E-state index contributed by atoms with van der Waals surface area (Å²) in [6.45, 7) is 8.13. The zero-order valence-electron chi connectivity index (χ0n) is 8.75. The minimum Gasteiger partial charge on any atom is -0.326 e. The van der Waals surface area contributed by atoms with Gasteiger partial charge in [-0.25, -0.2) is 0 Å². The summed E-state index contributed by atoms with van der Waals surface area (Å²) in [6, 6.07) is 0. The third-order valence-electron chi connectivity index (χ3n) is 2.13. The lowest BCUT2D eigenvalue weighted by atomic mass is 10.2. The second-order valence-electron chi connectivity index (χ2n) is 3.75. The van der Waals surface area contributed by atoms with Crippen molar-refractivity contribution in [1.29, 1.82) is 0 Å². The highest BCUT2D eigenvalue weighted by atomic mass is 15.3. The van der Waals surface area contributed by atoms with E-state index in [1.54, 1.807) is 0 Å². The summed E-state index contributed by atoms with van der Waals surface area (Å²) in [6.07, 6.45) is 2.90. The van der Waals surface area contributed by atoms with Gasteiger partial charge in [0.05, 0.1) is 6.20 Å². The molecule has 0 bridgehead atoms. The van der Waals surface area contributed by atoms with E-state index in [4.69, 9.17) is 5.73 Å². The van der Waals surface area contributed by atoms with Gasteiger partial charge < -0.3 is 5.73 Å². The van der Waals surface area contributed by atoms with Crippen LogP contribution in [-0.4, -0.2) is 9.78 Å². The smallest absolute Gasteiger partial charge is 0.0537 e. The molecular formula is C10H19N3. The summed E-state index contributed by atoms with van der Waals surface area (Å²) in [5.41, 5.74) is 8.09. The molecule has 0 aliphatic carbocycles. The molecule has 3 nitrogen and oxygen atoms in total. The van der Waals surface area contributed by atoms with Crippen molar-refractivity contribution in [2.75, 3.05) is 0 Å². The lowest BCUT2D eigenvalue weighted by Crippen LogP contribution is -2.10. The monoisotopic (exact) mass is 181 g/mol. The predicted molar refractivity (Wildman–Crippen MR) is 54.3 cm³/mol. The van der Waals surface area contributed by atoms with E-state index in [-0.39, 0.29) is 0 Å². The molecule has 0 amide bonds. The van der Waals surface area contributed by atoms with E-state index in [9.17, 15) is 0 Å². The van der Waals surface area contributed by atoms with E-state index >= 15 is 0 Å². The summed E-state index contributed by atoms with van der Waals surface area (Å²) >= 11 is 0. The first-order valence-electron chi connectivity index (χ1n) is 4.92. The summed E-state index contributed by atoms with van der Waals surface area (Å²) in [7, 11) is 0. The Bertz CT molecular complexity index is 263. The van der Waals surface area contributed by atoms with E-state index in [0.717, 1.165) is 13.0 Å². The third-order valence-corrected chi connectivity index (χ3v) is 2.13. The molecule has 0 aliphatic rings. The van der Waals surface area contributed by atoms with Gasteiger partial charge in [0.25, 0.3) is 0 Å². The van der Waals surface area contributed by atoms with Crippen LogP contribution in [0.2, 0.25) is 0 Å². The molecule has 1 aromatic rings. The van der Waals surface area contributed by atoms with Gasteiger partial charge in [-0.2, -0.15) is 5.10 Å². The molecule has 3 heteroatoms. The summed E-state index contributed by atoms with van der Waals surface area (Å²) < 4.78 is 2.08. The van der Waals surface area contributed by atoms with Gasteiger partial charge >= 0.3 is 0 Å². The molecule has 0 atom stereocenters. The first-order valence-corrected chi connectivity index (χ1v) is 4.92. The molecule has 0 fully saturated rings. The van der Waals surface area contributed by atoms with Crippen LogP contribution in [0.4, 0.5) is 0 Å². The number of rotatable bonds is 4. The fraction of sp³-hybridized carbons (Fsp3) is 0.700. The highest BCUT2D eigenvalue weighted by Crippen LogP contribution is 2.10. The van der Waals surface area contributed by atoms with Gasteiger partial charge in [-0.1, -0.05) is 20.8 Å². The lowest BCUT2D eigenvalue weighted by Gasteiger charge is -2.09. The van der Waals surface area contributed by atoms with Crippen LogP contribution < -0.4 is 5.73 Å². The van der Waals surface area contributed by atoms with Crippen molar-refractivity contribution >= 4 is 0 Å². The summed E-state index contributed by atoms with van der Waals surface area (Å²) in [5.74, 6) is 0.635. The van der Waals surface area contributed by atoms with Gasteiger partial charge in [0.1, 0.15) is 0 Å². The number of nitrogens with two attached hydrogens (primary N) is 1. The van der Waals surface area contributed by atoms with Crippen LogP contribution in [0.1, 0.15) is 32.0 Å². The summed E-state index contributed by atoms with van der Waals surface area (Å²) in [4.78, 5) is 0. The highest BCUT2D eigenvalue weighted by molar-refractivity contribution is 5.17. The van der Waals surface area contributed by atoms with Gasteiger partial charge in [0.2, 0.25) is 0 Å². The maximum atomic E-state index is 5.62. The first kappa shape index (κ1) is 10.3. The maximum Gasteiger partial charge on any atom is 0.0537 e. The van der Waals surface area contributed by atoms with Gasteiger partial charge in [-0.15, -0.1) is 0 Å². The van der Waals surface area contributed by atoms with Gasteiger partial charge in [0, 0.05) is 24.3 Å². The predicted octanol–water partition coefficient (Wildman–Crippen LogP) is 1.56. The van der Waals surface area contributed by atoms with Crippen molar-refractivity contribution in [1.82, 2.24) is 9.78 Å². The fourth-order valence-corrected chi connectivity index (χ4v) is 1.53. The molecule has 0 aliphatic heterocycles. The van der Waals surface area contributed by atoms with Gasteiger partial charge in [-0.3, -0.25) is 4.68 Å². The topological polar surface area (TPSA) is 43.8 Å². The fourth-order valence-electron chi connectivity index (χ4n) is 1.53. The standard InChI is InChI=1S/C10H19N3/c1-4-10-9(5-11)6-12-13(10)7-8(2)3/h6,8H,4-5,7,11H2,1-3H3. The van der Waals surface area contributed by atoms with Gasteiger partial charge in [0.15, 0.2) is 0 Å². The second kappa shape index (κ2) is 4.42. The number of aromatic nitrogens is 2. The molecule has 1 heterocycles. The van der Waals surface area contributed by atoms with Gasteiger partial charge in [-0.05, 0) is 12.3 Å². The Labute approximate surface area is 79.9 Å². The molecule has 0 aromatic carbocycles. The first-order chi connectivity index (χ1) is 6.19. The van der Waals surface area contributed by atoms with Crippen LogP contribution in [0.5, 0.6) is 0 Å². The Kier molecular flexibility index (Phi) is 3.48. The van der Waals surface area contributed by atoms with Crippen LogP contribution in [0.3, 0.4) is 0 Å². The van der Waals surface area contributed by atoms with Crippen molar-refractivity contribution in [3.05, 3.63) is 17.5 Å². The van der Waals surface area contributed by atoms with Crippen LogP contribution in [0.15, 0.2) is 6.20 Å². The Morgan fingerprint density at radius 2 is 2.23 bits per heavy atom. The molecule has 0 unspecified atom stereocenters. The number of hydrogen-bond acceptors (Lipinski definition) is 2. The average molecular weight is 181 g/mol. The van der Waals surface area contributed by atoms with E-state index in [2.05, 4.69) is 30.6 Å². The maximum absolute atomic E-state index is 5.62. The highest BCUT2D eigenvalue weighted by Gasteiger charge is 2.08. The zero-order chi connectivity index (χ0) is 9.84. The molecular weight excluding hydrogens is 162 g/mol. The molecule has 0 spiro atoms. The molecule has 0 saturated heterocycles. The van der Waals surface area contributed by atoms with Crippen molar-refractivity contribution in [3.8, 4) is 0 Å². The normalized spacial score (nSPS) is 11.2. The average Bonchev–Trinajstić information content (AvgIpc) is 2.45. The SMILES string of the molecule is CCc1c(CN)cnn1CC(C)C. The molecule has 74 valence electrons. The molecule has 13 heavy (non-hydrogen) atoms. The molecule has 1 rings (SSSR count). The van der Waals surface area contributed by atoms with Crippen LogP contribution in [-0.2, 0) is 19.5 Å². The van der Waals surface area contributed by atoms with Crippen molar-refractivity contribution in [2.45, 2.75) is 40.3 Å². The zero-order valence-corrected chi connectivity index (χ0v) is 8.75. The lowest BCUT2D eigenvalue weighted by molar-refractivity contribution is 0.469. The summed E-state index contributed by atoms with van der Waals surface area (Å²) in [5, 5.41) is 4.33. The quantitative estimate of drug-likeness (QED) is 0.766. The minimum absolute atomic E-state index is 0.598. The molecule has 0 saturated carbocycles.